The van der Waals surface area contributed by atoms with Crippen LogP contribution in [0.15, 0.2) is 46.9 Å². The molecule has 3 rings (SSSR count). The summed E-state index contributed by atoms with van der Waals surface area (Å²) in [6.45, 7) is 0.749. The summed E-state index contributed by atoms with van der Waals surface area (Å²) in [5.74, 6) is 0. The van der Waals surface area contributed by atoms with E-state index in [9.17, 15) is 10.1 Å². The maximum atomic E-state index is 11.0. The quantitative estimate of drug-likeness (QED) is 0.455. The van der Waals surface area contributed by atoms with Gasteiger partial charge in [-0.25, -0.2) is 0 Å². The van der Waals surface area contributed by atoms with Gasteiger partial charge in [0.1, 0.15) is 0 Å². The van der Waals surface area contributed by atoms with Crippen molar-refractivity contribution in [2.75, 3.05) is 3.92 Å². The van der Waals surface area contributed by atoms with E-state index in [4.69, 9.17) is 0 Å². The van der Waals surface area contributed by atoms with Gasteiger partial charge in [0.2, 0.25) is 0 Å². The predicted molar refractivity (Wildman–Crippen MR) is 78.8 cm³/mol. The molecule has 0 unspecified atom stereocenters. The molecule has 0 amide bonds. The monoisotopic (exact) mass is 384 g/mol. The molecule has 0 radical (unpaired) electrons. The second-order valence-corrected chi connectivity index (χ2v) is 7.21. The van der Waals surface area contributed by atoms with Gasteiger partial charge in [0.05, 0.1) is 0 Å². The summed E-state index contributed by atoms with van der Waals surface area (Å²) in [6.07, 6.45) is 0. The van der Waals surface area contributed by atoms with Crippen molar-refractivity contribution in [2.24, 2.45) is 0 Å². The fourth-order valence-corrected chi connectivity index (χ4v) is 4.64. The zero-order valence-electron chi connectivity index (χ0n) is 9.75. The van der Waals surface area contributed by atoms with Crippen molar-refractivity contribution >= 4 is 46.9 Å². The van der Waals surface area contributed by atoms with Gasteiger partial charge in [-0.05, 0) is 0 Å². The third-order valence-corrected chi connectivity index (χ3v) is 5.98. The first-order valence-electron chi connectivity index (χ1n) is 5.62. The molecule has 19 heavy (non-hydrogen) atoms. The van der Waals surface area contributed by atoms with E-state index < -0.39 is 0 Å². The first-order chi connectivity index (χ1) is 9.15. The van der Waals surface area contributed by atoms with Crippen LogP contribution in [0.3, 0.4) is 0 Å². The Morgan fingerprint density at radius 3 is 2.63 bits per heavy atom. The average Bonchev–Trinajstić information content (AvgIpc) is 2.82. The van der Waals surface area contributed by atoms with Crippen molar-refractivity contribution in [3.8, 4) is 0 Å². The number of anilines is 1. The van der Waals surface area contributed by atoms with Crippen molar-refractivity contribution in [3.05, 3.63) is 62.6 Å². The molecule has 0 aliphatic carbocycles. The van der Waals surface area contributed by atoms with Crippen LogP contribution >= 0.6 is 15.9 Å². The summed E-state index contributed by atoms with van der Waals surface area (Å²) in [4.78, 5) is 10.8. The number of nitro groups is 1. The number of nitro benzene ring substituents is 1. The summed E-state index contributed by atoms with van der Waals surface area (Å²) in [5.41, 5.74) is 2.42. The molecule has 0 bridgehead atoms. The molecular weight excluding hydrogens is 375 g/mol. The van der Waals surface area contributed by atoms with Gasteiger partial charge in [-0.3, -0.25) is 0 Å². The topological polar surface area (TPSA) is 46.4 Å². The van der Waals surface area contributed by atoms with E-state index in [1.807, 2.05) is 30.3 Å². The fraction of sp³-hybridized carbons (Fsp3) is 0.0769. The maximum absolute atomic E-state index is 11.0. The van der Waals surface area contributed by atoms with Crippen molar-refractivity contribution in [1.29, 1.82) is 0 Å². The molecule has 1 aliphatic rings. The van der Waals surface area contributed by atoms with Crippen LogP contribution in [-0.2, 0) is 6.54 Å². The Balaban J connectivity index is 1.94. The van der Waals surface area contributed by atoms with Crippen LogP contribution in [0, 0.1) is 10.1 Å². The molecule has 0 N–H and O–H groups in total. The number of fused-ring (bicyclic) bond motifs is 1. The van der Waals surface area contributed by atoms with E-state index in [1.165, 1.54) is 0 Å². The van der Waals surface area contributed by atoms with Crippen molar-refractivity contribution in [3.63, 3.8) is 0 Å². The van der Waals surface area contributed by atoms with Crippen LogP contribution in [0.5, 0.6) is 0 Å². The van der Waals surface area contributed by atoms with E-state index >= 15 is 0 Å². The molecule has 1 heterocycles. The van der Waals surface area contributed by atoms with Gasteiger partial charge in [0, 0.05) is 0 Å². The Labute approximate surface area is 125 Å². The van der Waals surface area contributed by atoms with E-state index in [0.29, 0.717) is 0 Å². The molecule has 4 nitrogen and oxygen atoms in total. The minimum absolute atomic E-state index is 0.0349. The molecular formula is C13H9BrN2O2Se. The van der Waals surface area contributed by atoms with Gasteiger partial charge in [-0.15, -0.1) is 0 Å². The van der Waals surface area contributed by atoms with Gasteiger partial charge in [0.25, 0.3) is 0 Å². The number of nitrogens with zero attached hydrogens (tertiary/aromatic N) is 2. The Morgan fingerprint density at radius 1 is 1.21 bits per heavy atom. The third kappa shape index (κ3) is 2.39. The average molecular weight is 384 g/mol. The summed E-state index contributed by atoms with van der Waals surface area (Å²) in [6, 6.07) is 13.4. The fourth-order valence-electron chi connectivity index (χ4n) is 1.99. The van der Waals surface area contributed by atoms with Gasteiger partial charge in [-0.1, -0.05) is 0 Å². The summed E-state index contributed by atoms with van der Waals surface area (Å²) >= 11 is 3.38. The van der Waals surface area contributed by atoms with Crippen molar-refractivity contribution in [2.45, 2.75) is 6.54 Å². The van der Waals surface area contributed by atoms with Crippen LogP contribution in [0.4, 0.5) is 11.4 Å². The molecule has 0 aromatic heterocycles. The zero-order valence-corrected chi connectivity index (χ0v) is 13.0. The van der Waals surface area contributed by atoms with Crippen LogP contribution < -0.4 is 8.38 Å². The van der Waals surface area contributed by atoms with Crippen LogP contribution in [-0.4, -0.2) is 20.1 Å². The van der Waals surface area contributed by atoms with Crippen LogP contribution in [0.1, 0.15) is 5.56 Å². The van der Waals surface area contributed by atoms with Gasteiger partial charge < -0.3 is 0 Å². The second-order valence-electron chi connectivity index (χ2n) is 4.13. The normalized spacial score (nSPS) is 13.4. The molecule has 1 aliphatic heterocycles. The molecule has 2 aromatic carbocycles. The number of benzene rings is 2. The van der Waals surface area contributed by atoms with Gasteiger partial charge in [0.15, 0.2) is 0 Å². The van der Waals surface area contributed by atoms with Crippen molar-refractivity contribution < 1.29 is 4.92 Å². The zero-order chi connectivity index (χ0) is 13.4. The standard InChI is InChI=1S/C13H9BrN2O2Se/c14-10-4-6-11(7-5-10)15-8-9-2-1-3-12(16(17)18)13(9)19-15/h1-7H,8H2. The predicted octanol–water partition coefficient (Wildman–Crippen LogP) is 2.62. The van der Waals surface area contributed by atoms with Crippen molar-refractivity contribution in [1.82, 2.24) is 0 Å². The van der Waals surface area contributed by atoms with Crippen LogP contribution in [0.25, 0.3) is 0 Å². The molecule has 6 heteroatoms. The molecule has 0 atom stereocenters. The molecule has 0 fully saturated rings. The molecule has 2 aromatic rings. The van der Waals surface area contributed by atoms with Gasteiger partial charge >= 0.3 is 125 Å². The molecule has 0 saturated carbocycles. The number of rotatable bonds is 2. The van der Waals surface area contributed by atoms with E-state index in [0.717, 1.165) is 26.7 Å². The Bertz CT molecular complexity index is 646. The Hall–Kier alpha value is -1.36. The van der Waals surface area contributed by atoms with E-state index in [2.05, 4.69) is 19.8 Å². The first-order valence-corrected chi connectivity index (χ1v) is 8.04. The molecule has 0 spiro atoms. The first kappa shape index (κ1) is 12.7. The summed E-state index contributed by atoms with van der Waals surface area (Å²) in [7, 11) is 0. The molecule has 0 saturated heterocycles. The number of hydrogen-bond acceptors (Lipinski definition) is 3. The number of halogens is 1. The summed E-state index contributed by atoms with van der Waals surface area (Å²) in [5, 5.41) is 11.0. The van der Waals surface area contributed by atoms with E-state index in [-0.39, 0.29) is 25.8 Å². The Morgan fingerprint density at radius 2 is 1.95 bits per heavy atom. The SMILES string of the molecule is O=[N+]([O-])c1cccc2c1[Se]N(c1ccc(Br)cc1)C2. The third-order valence-electron chi connectivity index (χ3n) is 2.90. The Kier molecular flexibility index (Phi) is 3.31. The van der Waals surface area contributed by atoms with Gasteiger partial charge in [-0.2, -0.15) is 0 Å². The second kappa shape index (κ2) is 4.96. The van der Waals surface area contributed by atoms with Crippen LogP contribution in [0.2, 0.25) is 0 Å². The summed E-state index contributed by atoms with van der Waals surface area (Å²) < 4.78 is 4.13. The molecule has 96 valence electrons. The number of hydrogen-bond donors (Lipinski definition) is 0. The van der Waals surface area contributed by atoms with E-state index in [1.54, 1.807) is 12.1 Å². The minimum atomic E-state index is -0.286.